The standard InChI is InChI=1S/C28H32N2O12/c1-27(37)23(35)21(33)19(11-31)41-25(27)39-17-5-3-13(7-15(17)9-29)14-4-6-18(16(8-14)10-30)40-26-28(2,38)24(36)22(34)20(12-32)42-26/h3-8,19-26,31-38H,11-12H2,1-2H3. The Labute approximate surface area is 240 Å². The van der Waals surface area contributed by atoms with Crippen LogP contribution >= 0.6 is 0 Å². The van der Waals surface area contributed by atoms with E-state index in [4.69, 9.17) is 18.9 Å². The van der Waals surface area contributed by atoms with Gasteiger partial charge in [0.05, 0.1) is 24.3 Å². The summed E-state index contributed by atoms with van der Waals surface area (Å²) in [5, 5.41) is 101. The molecule has 2 fully saturated rings. The summed E-state index contributed by atoms with van der Waals surface area (Å²) in [5.41, 5.74) is -3.23. The van der Waals surface area contributed by atoms with Crippen LogP contribution in [0, 0.1) is 22.7 Å². The van der Waals surface area contributed by atoms with Crippen molar-refractivity contribution >= 4 is 0 Å². The summed E-state index contributed by atoms with van der Waals surface area (Å²) in [6, 6.07) is 12.7. The zero-order valence-electron chi connectivity index (χ0n) is 22.6. The number of hydrogen-bond acceptors (Lipinski definition) is 14. The summed E-state index contributed by atoms with van der Waals surface area (Å²) < 4.78 is 22.3. The third-order valence-corrected chi connectivity index (χ3v) is 7.52. The molecule has 226 valence electrons. The van der Waals surface area contributed by atoms with Crippen LogP contribution in [0.5, 0.6) is 11.5 Å². The van der Waals surface area contributed by atoms with E-state index in [1.54, 1.807) is 12.1 Å². The monoisotopic (exact) mass is 588 g/mol. The SMILES string of the molecule is CC1(O)C(Oc2ccc(-c3ccc(OC4OC(CO)C(O)C(O)C4(C)O)c(C#N)c3)cc2C#N)OC(CO)C(O)C1O. The van der Waals surface area contributed by atoms with Crippen LogP contribution in [0.4, 0.5) is 0 Å². The van der Waals surface area contributed by atoms with E-state index in [1.807, 2.05) is 12.1 Å². The molecule has 2 aromatic rings. The molecule has 2 heterocycles. The highest BCUT2D eigenvalue weighted by molar-refractivity contribution is 5.70. The van der Waals surface area contributed by atoms with Gasteiger partial charge in [-0.2, -0.15) is 10.5 Å². The van der Waals surface area contributed by atoms with Gasteiger partial charge < -0.3 is 59.8 Å². The predicted octanol–water partition coefficient (Wildman–Crippen LogP) is -1.77. The average Bonchev–Trinajstić information content (AvgIpc) is 2.98. The predicted molar refractivity (Wildman–Crippen MR) is 139 cm³/mol. The molecule has 10 atom stereocenters. The average molecular weight is 589 g/mol. The van der Waals surface area contributed by atoms with Crippen molar-refractivity contribution < 1.29 is 59.8 Å². The van der Waals surface area contributed by atoms with Crippen LogP contribution in [0.3, 0.4) is 0 Å². The zero-order chi connectivity index (χ0) is 31.0. The van der Waals surface area contributed by atoms with Gasteiger partial charge in [-0.3, -0.25) is 0 Å². The molecule has 0 aliphatic carbocycles. The highest BCUT2D eigenvalue weighted by atomic mass is 16.7. The first-order valence-corrected chi connectivity index (χ1v) is 12.9. The van der Waals surface area contributed by atoms with Crippen LogP contribution in [-0.2, 0) is 9.47 Å². The topological polar surface area (TPSA) is 246 Å². The number of aliphatic hydroxyl groups is 8. The Hall–Kier alpha value is -3.38. The van der Waals surface area contributed by atoms with Crippen molar-refractivity contribution in [1.29, 1.82) is 10.5 Å². The van der Waals surface area contributed by atoms with Crippen LogP contribution in [-0.4, -0.2) is 114 Å². The number of rotatable bonds is 7. The minimum Gasteiger partial charge on any atom is -0.460 e. The Bertz CT molecular complexity index is 1270. The first-order chi connectivity index (χ1) is 19.8. The first-order valence-electron chi connectivity index (χ1n) is 12.9. The molecule has 0 radical (unpaired) electrons. The maximum Gasteiger partial charge on any atom is 0.231 e. The lowest BCUT2D eigenvalue weighted by atomic mass is 9.88. The molecular weight excluding hydrogens is 556 g/mol. The second-order valence-corrected chi connectivity index (χ2v) is 10.6. The molecule has 0 spiro atoms. The molecule has 42 heavy (non-hydrogen) atoms. The van der Waals surface area contributed by atoms with E-state index in [0.717, 1.165) is 0 Å². The van der Waals surface area contributed by atoms with Gasteiger partial charge in [0.15, 0.2) is 11.2 Å². The fourth-order valence-corrected chi connectivity index (χ4v) is 4.76. The fourth-order valence-electron chi connectivity index (χ4n) is 4.76. The molecule has 8 N–H and O–H groups in total. The Morgan fingerprint density at radius 3 is 1.38 bits per heavy atom. The van der Waals surface area contributed by atoms with Crippen molar-refractivity contribution in [3.8, 4) is 34.8 Å². The zero-order valence-corrected chi connectivity index (χ0v) is 22.6. The summed E-state index contributed by atoms with van der Waals surface area (Å²) in [6.07, 6.45) is -12.2. The largest absolute Gasteiger partial charge is 0.460 e. The smallest absolute Gasteiger partial charge is 0.231 e. The number of aliphatic hydroxyl groups excluding tert-OH is 6. The van der Waals surface area contributed by atoms with Gasteiger partial charge in [0, 0.05) is 0 Å². The molecule has 2 aromatic carbocycles. The van der Waals surface area contributed by atoms with E-state index in [9.17, 15) is 51.4 Å². The molecule has 0 aromatic heterocycles. The van der Waals surface area contributed by atoms with Crippen molar-refractivity contribution in [2.24, 2.45) is 0 Å². The van der Waals surface area contributed by atoms with Crippen LogP contribution < -0.4 is 9.47 Å². The van der Waals surface area contributed by atoms with E-state index in [0.29, 0.717) is 11.1 Å². The number of hydrogen-bond donors (Lipinski definition) is 8. The van der Waals surface area contributed by atoms with Crippen LogP contribution in [0.2, 0.25) is 0 Å². The van der Waals surface area contributed by atoms with Gasteiger partial charge in [-0.05, 0) is 49.2 Å². The molecule has 0 amide bonds. The maximum atomic E-state index is 10.7. The molecule has 0 bridgehead atoms. The minimum absolute atomic E-state index is 0.00105. The minimum atomic E-state index is -2.09. The summed E-state index contributed by atoms with van der Waals surface area (Å²) >= 11 is 0. The second-order valence-electron chi connectivity index (χ2n) is 10.6. The fraction of sp³-hybridized carbons (Fsp3) is 0.500. The van der Waals surface area contributed by atoms with E-state index in [-0.39, 0.29) is 22.6 Å². The molecule has 10 unspecified atom stereocenters. The number of nitrogens with zero attached hydrogens (tertiary/aromatic N) is 2. The van der Waals surface area contributed by atoms with Gasteiger partial charge in [-0.15, -0.1) is 0 Å². The molecule has 0 saturated carbocycles. The second kappa shape index (κ2) is 12.1. The van der Waals surface area contributed by atoms with Gasteiger partial charge in [0.2, 0.25) is 12.6 Å². The summed E-state index contributed by atoms with van der Waals surface area (Å²) in [4.78, 5) is 0. The van der Waals surface area contributed by atoms with Crippen molar-refractivity contribution in [3.63, 3.8) is 0 Å². The van der Waals surface area contributed by atoms with Gasteiger partial charge in [-0.1, -0.05) is 12.1 Å². The Morgan fingerprint density at radius 1 is 0.714 bits per heavy atom. The summed E-state index contributed by atoms with van der Waals surface area (Å²) in [6.45, 7) is 1.04. The normalized spacial score (nSPS) is 36.5. The molecule has 2 saturated heterocycles. The molecule has 2 aliphatic heterocycles. The Balaban J connectivity index is 1.59. The van der Waals surface area contributed by atoms with Gasteiger partial charge in [0.25, 0.3) is 0 Å². The lowest BCUT2D eigenvalue weighted by Crippen LogP contribution is -2.66. The quantitative estimate of drug-likeness (QED) is 0.178. The number of ether oxygens (including phenoxy) is 4. The lowest BCUT2D eigenvalue weighted by molar-refractivity contribution is -0.314. The lowest BCUT2D eigenvalue weighted by Gasteiger charge is -2.45. The summed E-state index contributed by atoms with van der Waals surface area (Å²) in [5.74, 6) is -0.0498. The summed E-state index contributed by atoms with van der Waals surface area (Å²) in [7, 11) is 0. The molecule has 4 rings (SSSR count). The van der Waals surface area contributed by atoms with E-state index < -0.39 is 73.6 Å². The number of nitriles is 2. The van der Waals surface area contributed by atoms with Gasteiger partial charge in [-0.25, -0.2) is 0 Å². The highest BCUT2D eigenvalue weighted by Crippen LogP contribution is 2.36. The van der Waals surface area contributed by atoms with Crippen molar-refractivity contribution in [2.75, 3.05) is 13.2 Å². The third kappa shape index (κ3) is 5.66. The van der Waals surface area contributed by atoms with Gasteiger partial charge >= 0.3 is 0 Å². The van der Waals surface area contributed by atoms with Crippen molar-refractivity contribution in [1.82, 2.24) is 0 Å². The molecular formula is C28H32N2O12. The Kier molecular flexibility index (Phi) is 9.08. The van der Waals surface area contributed by atoms with Gasteiger partial charge in [0.1, 0.15) is 60.3 Å². The molecule has 2 aliphatic rings. The van der Waals surface area contributed by atoms with Crippen molar-refractivity contribution in [2.45, 2.75) is 74.3 Å². The Morgan fingerprint density at radius 2 is 1.07 bits per heavy atom. The van der Waals surface area contributed by atoms with Crippen LogP contribution in [0.1, 0.15) is 25.0 Å². The molecule has 14 heteroatoms. The third-order valence-electron chi connectivity index (χ3n) is 7.52. The van der Waals surface area contributed by atoms with Crippen molar-refractivity contribution in [3.05, 3.63) is 47.5 Å². The van der Waals surface area contributed by atoms with Crippen LogP contribution in [0.15, 0.2) is 36.4 Å². The van der Waals surface area contributed by atoms with Crippen LogP contribution in [0.25, 0.3) is 11.1 Å². The van der Waals surface area contributed by atoms with E-state index in [2.05, 4.69) is 0 Å². The highest BCUT2D eigenvalue weighted by Gasteiger charge is 2.54. The first kappa shape index (κ1) is 31.6. The van der Waals surface area contributed by atoms with E-state index in [1.165, 1.54) is 38.1 Å². The molecule has 14 nitrogen and oxygen atoms in total. The van der Waals surface area contributed by atoms with E-state index >= 15 is 0 Å². The maximum absolute atomic E-state index is 10.7. The number of benzene rings is 2.